The third kappa shape index (κ3) is 4.60. The van der Waals surface area contributed by atoms with Crippen LogP contribution in [0.1, 0.15) is 5.56 Å². The van der Waals surface area contributed by atoms with Crippen LogP contribution in [0.3, 0.4) is 0 Å². The Bertz CT molecular complexity index is 801. The summed E-state index contributed by atoms with van der Waals surface area (Å²) < 4.78 is 7.39. The topological polar surface area (TPSA) is 56.1 Å². The number of amides is 1. The zero-order valence-electron chi connectivity index (χ0n) is 12.9. The maximum atomic E-state index is 12.0. The maximum Gasteiger partial charge on any atom is 0.262 e. The minimum Gasteiger partial charge on any atom is -0.484 e. The van der Waals surface area contributed by atoms with Crippen LogP contribution in [0.2, 0.25) is 5.02 Å². The fraction of sp³-hybridized carbons (Fsp3) is 0.111. The first-order valence-corrected chi connectivity index (χ1v) is 7.80. The summed E-state index contributed by atoms with van der Waals surface area (Å²) in [6.07, 6.45) is 5.39. The van der Waals surface area contributed by atoms with E-state index in [1.54, 1.807) is 36.8 Å². The van der Waals surface area contributed by atoms with E-state index in [0.29, 0.717) is 17.3 Å². The van der Waals surface area contributed by atoms with Crippen molar-refractivity contribution in [2.75, 3.05) is 11.9 Å². The monoisotopic (exact) mass is 341 g/mol. The molecule has 0 aliphatic rings. The van der Waals surface area contributed by atoms with Crippen LogP contribution >= 0.6 is 11.6 Å². The minimum atomic E-state index is -0.218. The molecule has 0 fully saturated rings. The Morgan fingerprint density at radius 1 is 1.21 bits per heavy atom. The Kier molecular flexibility index (Phi) is 5.13. The number of carbonyl (C=O) groups is 1. The number of carbonyl (C=O) groups excluding carboxylic acids is 1. The van der Waals surface area contributed by atoms with Crippen LogP contribution in [0.4, 0.5) is 5.69 Å². The van der Waals surface area contributed by atoms with Gasteiger partial charge in [0.2, 0.25) is 0 Å². The van der Waals surface area contributed by atoms with Crippen molar-refractivity contribution in [1.29, 1.82) is 0 Å². The number of hydrogen-bond acceptors (Lipinski definition) is 3. The first-order valence-electron chi connectivity index (χ1n) is 7.42. The van der Waals surface area contributed by atoms with Gasteiger partial charge >= 0.3 is 0 Å². The molecule has 1 amide bonds. The molecule has 3 rings (SSSR count). The molecule has 6 heteroatoms. The lowest BCUT2D eigenvalue weighted by Crippen LogP contribution is -2.20. The van der Waals surface area contributed by atoms with Gasteiger partial charge in [0.25, 0.3) is 5.91 Å². The minimum absolute atomic E-state index is 0.0621. The van der Waals surface area contributed by atoms with Crippen molar-refractivity contribution in [2.45, 2.75) is 6.54 Å². The van der Waals surface area contributed by atoms with E-state index in [9.17, 15) is 4.79 Å². The van der Waals surface area contributed by atoms with Crippen molar-refractivity contribution in [3.8, 4) is 5.75 Å². The lowest BCUT2D eigenvalue weighted by atomic mass is 10.2. The average molecular weight is 342 g/mol. The van der Waals surface area contributed by atoms with Crippen molar-refractivity contribution in [3.63, 3.8) is 0 Å². The van der Waals surface area contributed by atoms with Crippen molar-refractivity contribution in [3.05, 3.63) is 77.8 Å². The van der Waals surface area contributed by atoms with E-state index < -0.39 is 0 Å². The summed E-state index contributed by atoms with van der Waals surface area (Å²) in [5.41, 5.74) is 1.81. The molecule has 0 bridgehead atoms. The molecule has 1 N–H and O–H groups in total. The van der Waals surface area contributed by atoms with Crippen LogP contribution in [0.25, 0.3) is 0 Å². The van der Waals surface area contributed by atoms with Gasteiger partial charge in [-0.1, -0.05) is 23.7 Å². The highest BCUT2D eigenvalue weighted by atomic mass is 35.5. The largest absolute Gasteiger partial charge is 0.484 e. The number of aromatic nitrogens is 2. The summed E-state index contributed by atoms with van der Waals surface area (Å²) in [6, 6.07) is 14.6. The quantitative estimate of drug-likeness (QED) is 0.745. The van der Waals surface area contributed by atoms with E-state index >= 15 is 0 Å². The van der Waals surface area contributed by atoms with E-state index in [1.807, 2.05) is 35.0 Å². The molecule has 0 aliphatic carbocycles. The summed E-state index contributed by atoms with van der Waals surface area (Å²) in [6.45, 7) is 0.637. The summed E-state index contributed by atoms with van der Waals surface area (Å²) in [5.74, 6) is 0.383. The van der Waals surface area contributed by atoms with Crippen molar-refractivity contribution in [2.24, 2.45) is 0 Å². The van der Waals surface area contributed by atoms with Gasteiger partial charge in [-0.25, -0.2) is 4.98 Å². The molecule has 5 nitrogen and oxygen atoms in total. The second kappa shape index (κ2) is 7.66. The second-order valence-corrected chi connectivity index (χ2v) is 5.66. The van der Waals surface area contributed by atoms with Gasteiger partial charge in [-0.2, -0.15) is 0 Å². The smallest absolute Gasteiger partial charge is 0.262 e. The molecule has 0 radical (unpaired) electrons. The Hall–Kier alpha value is -2.79. The molecule has 122 valence electrons. The fourth-order valence-electron chi connectivity index (χ4n) is 2.22. The molecular weight excluding hydrogens is 326 g/mol. The van der Waals surface area contributed by atoms with E-state index in [0.717, 1.165) is 11.3 Å². The Morgan fingerprint density at radius 3 is 2.79 bits per heavy atom. The summed E-state index contributed by atoms with van der Waals surface area (Å²) in [5, 5.41) is 3.46. The van der Waals surface area contributed by atoms with Gasteiger partial charge in [-0.15, -0.1) is 0 Å². The SMILES string of the molecule is O=C(COc1ccc(Cl)cc1)Nc1cccc(Cn2ccnc2)c1. The molecule has 0 saturated heterocycles. The molecule has 2 aromatic carbocycles. The normalized spacial score (nSPS) is 10.4. The molecular formula is C18H16ClN3O2. The average Bonchev–Trinajstić information content (AvgIpc) is 3.08. The molecule has 3 aromatic rings. The maximum absolute atomic E-state index is 12.0. The van der Waals surface area contributed by atoms with E-state index in [4.69, 9.17) is 16.3 Å². The van der Waals surface area contributed by atoms with Gasteiger partial charge in [0.1, 0.15) is 5.75 Å². The summed E-state index contributed by atoms with van der Waals surface area (Å²) >= 11 is 5.81. The molecule has 0 spiro atoms. The van der Waals surface area contributed by atoms with E-state index in [2.05, 4.69) is 10.3 Å². The third-order valence-electron chi connectivity index (χ3n) is 3.32. The highest BCUT2D eigenvalue weighted by molar-refractivity contribution is 6.30. The number of anilines is 1. The van der Waals surface area contributed by atoms with Crippen LogP contribution in [-0.4, -0.2) is 22.1 Å². The lowest BCUT2D eigenvalue weighted by molar-refractivity contribution is -0.118. The summed E-state index contributed by atoms with van der Waals surface area (Å²) in [7, 11) is 0. The second-order valence-electron chi connectivity index (χ2n) is 5.23. The predicted molar refractivity (Wildman–Crippen MR) is 93.3 cm³/mol. The lowest BCUT2D eigenvalue weighted by Gasteiger charge is -2.09. The van der Waals surface area contributed by atoms with Crippen molar-refractivity contribution in [1.82, 2.24) is 9.55 Å². The van der Waals surface area contributed by atoms with Crippen molar-refractivity contribution < 1.29 is 9.53 Å². The number of ether oxygens (including phenoxy) is 1. The Morgan fingerprint density at radius 2 is 2.04 bits per heavy atom. The van der Waals surface area contributed by atoms with Crippen LogP contribution in [-0.2, 0) is 11.3 Å². The Balaban J connectivity index is 1.55. The predicted octanol–water partition coefficient (Wildman–Crippen LogP) is 3.60. The highest BCUT2D eigenvalue weighted by Gasteiger charge is 2.05. The molecule has 24 heavy (non-hydrogen) atoms. The third-order valence-corrected chi connectivity index (χ3v) is 3.57. The van der Waals surface area contributed by atoms with Gasteiger partial charge in [-0.05, 0) is 42.0 Å². The molecule has 1 aromatic heterocycles. The number of benzene rings is 2. The van der Waals surface area contributed by atoms with Crippen LogP contribution in [0.5, 0.6) is 5.75 Å². The number of nitrogens with zero attached hydrogens (tertiary/aromatic N) is 2. The number of rotatable bonds is 6. The number of nitrogens with one attached hydrogen (secondary N) is 1. The molecule has 0 saturated carbocycles. The number of hydrogen-bond donors (Lipinski definition) is 1. The van der Waals surface area contributed by atoms with Gasteiger partial charge in [0.15, 0.2) is 6.61 Å². The number of imidazole rings is 1. The first kappa shape index (κ1) is 16.1. The zero-order chi connectivity index (χ0) is 16.8. The van der Waals surface area contributed by atoms with Gasteiger partial charge < -0.3 is 14.6 Å². The Labute approximate surface area is 144 Å². The zero-order valence-corrected chi connectivity index (χ0v) is 13.6. The first-order chi connectivity index (χ1) is 11.7. The van der Waals surface area contributed by atoms with Crippen LogP contribution in [0.15, 0.2) is 67.3 Å². The fourth-order valence-corrected chi connectivity index (χ4v) is 2.34. The van der Waals surface area contributed by atoms with E-state index in [1.165, 1.54) is 0 Å². The number of halogens is 1. The van der Waals surface area contributed by atoms with Gasteiger partial charge in [0, 0.05) is 29.6 Å². The molecule has 0 aliphatic heterocycles. The standard InChI is InChI=1S/C18H16ClN3O2/c19-15-4-6-17(7-5-15)24-12-18(23)21-16-3-1-2-14(10-16)11-22-9-8-20-13-22/h1-10,13H,11-12H2,(H,21,23). The molecule has 1 heterocycles. The molecule has 0 atom stereocenters. The highest BCUT2D eigenvalue weighted by Crippen LogP contribution is 2.16. The summed E-state index contributed by atoms with van der Waals surface area (Å²) in [4.78, 5) is 16.0. The van der Waals surface area contributed by atoms with Crippen LogP contribution < -0.4 is 10.1 Å². The molecule has 0 unspecified atom stereocenters. The van der Waals surface area contributed by atoms with E-state index in [-0.39, 0.29) is 12.5 Å². The van der Waals surface area contributed by atoms with Crippen LogP contribution in [0, 0.1) is 0 Å². The van der Waals surface area contributed by atoms with Crippen molar-refractivity contribution >= 4 is 23.2 Å². The van der Waals surface area contributed by atoms with Gasteiger partial charge in [-0.3, -0.25) is 4.79 Å². The van der Waals surface area contributed by atoms with Gasteiger partial charge in [0.05, 0.1) is 6.33 Å².